The van der Waals surface area contributed by atoms with Gasteiger partial charge >= 0.3 is 0 Å². The van der Waals surface area contributed by atoms with E-state index in [1.54, 1.807) is 6.07 Å². The minimum Gasteiger partial charge on any atom is -0.506 e. The van der Waals surface area contributed by atoms with Crippen molar-refractivity contribution in [3.63, 3.8) is 0 Å². The van der Waals surface area contributed by atoms with E-state index in [0.717, 1.165) is 24.8 Å². The molecule has 2 N–H and O–H groups in total. The highest BCUT2D eigenvalue weighted by Gasteiger charge is 2.18. The van der Waals surface area contributed by atoms with Crippen LogP contribution in [-0.4, -0.2) is 30.3 Å². The Kier molecular flexibility index (Phi) is 3.56. The summed E-state index contributed by atoms with van der Waals surface area (Å²) in [5.41, 5.74) is 0.307. The Morgan fingerprint density at radius 2 is 2.15 bits per heavy atom. The van der Waals surface area contributed by atoms with Gasteiger partial charge in [0.25, 0.3) is 5.91 Å². The summed E-state index contributed by atoms with van der Waals surface area (Å²) in [7, 11) is 0. The molecule has 0 saturated carbocycles. The van der Waals surface area contributed by atoms with Gasteiger partial charge < -0.3 is 15.2 Å². The Labute approximate surface area is 117 Å². The lowest BCUT2D eigenvalue weighted by Gasteiger charge is -2.12. The number of amides is 1. The predicted molar refractivity (Wildman–Crippen MR) is 76.9 cm³/mol. The fourth-order valence-electron chi connectivity index (χ4n) is 2.55. The molecule has 20 heavy (non-hydrogen) atoms. The molecule has 4 nitrogen and oxygen atoms in total. The highest BCUT2D eigenvalue weighted by molar-refractivity contribution is 6.03. The van der Waals surface area contributed by atoms with Crippen LogP contribution in [-0.2, 0) is 4.74 Å². The van der Waals surface area contributed by atoms with E-state index in [2.05, 4.69) is 5.32 Å². The second-order valence-electron chi connectivity index (χ2n) is 5.03. The third-order valence-electron chi connectivity index (χ3n) is 3.66. The molecule has 0 radical (unpaired) electrons. The normalized spacial score (nSPS) is 18.3. The Bertz CT molecular complexity index is 633. The summed E-state index contributed by atoms with van der Waals surface area (Å²) in [4.78, 5) is 12.1. The van der Waals surface area contributed by atoms with E-state index in [0.29, 0.717) is 17.5 Å². The van der Waals surface area contributed by atoms with Crippen molar-refractivity contribution >= 4 is 16.7 Å². The Morgan fingerprint density at radius 1 is 1.30 bits per heavy atom. The van der Waals surface area contributed by atoms with E-state index in [4.69, 9.17) is 4.74 Å². The van der Waals surface area contributed by atoms with E-state index in [1.165, 1.54) is 0 Å². The zero-order valence-electron chi connectivity index (χ0n) is 11.1. The van der Waals surface area contributed by atoms with E-state index in [1.807, 2.05) is 30.3 Å². The van der Waals surface area contributed by atoms with Crippen molar-refractivity contribution in [1.29, 1.82) is 0 Å². The third kappa shape index (κ3) is 2.47. The van der Waals surface area contributed by atoms with Crippen LogP contribution in [0.5, 0.6) is 5.75 Å². The van der Waals surface area contributed by atoms with Crippen molar-refractivity contribution in [2.45, 2.75) is 18.9 Å². The molecule has 1 aliphatic rings. The SMILES string of the molecule is O=C(NCC1CCCO1)c1ccc2ccccc2c1O. The number of phenols is 1. The largest absolute Gasteiger partial charge is 0.506 e. The van der Waals surface area contributed by atoms with Crippen molar-refractivity contribution in [2.24, 2.45) is 0 Å². The fraction of sp³-hybridized carbons (Fsp3) is 0.312. The van der Waals surface area contributed by atoms with E-state index >= 15 is 0 Å². The predicted octanol–water partition coefficient (Wildman–Crippen LogP) is 2.45. The lowest BCUT2D eigenvalue weighted by atomic mass is 10.0. The van der Waals surface area contributed by atoms with Crippen LogP contribution in [0.25, 0.3) is 10.8 Å². The molecule has 2 aromatic carbocycles. The maximum Gasteiger partial charge on any atom is 0.255 e. The summed E-state index contributed by atoms with van der Waals surface area (Å²) < 4.78 is 5.46. The molecule has 1 unspecified atom stereocenters. The second-order valence-corrected chi connectivity index (χ2v) is 5.03. The van der Waals surface area contributed by atoms with Crippen molar-refractivity contribution in [1.82, 2.24) is 5.32 Å². The van der Waals surface area contributed by atoms with Gasteiger partial charge in [-0.3, -0.25) is 4.79 Å². The molecule has 2 aromatic rings. The lowest BCUT2D eigenvalue weighted by molar-refractivity contribution is 0.0856. The summed E-state index contributed by atoms with van der Waals surface area (Å²) in [5, 5.41) is 14.7. The first-order chi connectivity index (χ1) is 9.75. The molecule has 0 bridgehead atoms. The molecule has 0 spiro atoms. The molecular weight excluding hydrogens is 254 g/mol. The molecule has 3 rings (SSSR count). The number of hydrogen-bond donors (Lipinski definition) is 2. The Hall–Kier alpha value is -2.07. The summed E-state index contributed by atoms with van der Waals surface area (Å²) in [6, 6.07) is 11.0. The number of benzene rings is 2. The summed E-state index contributed by atoms with van der Waals surface area (Å²) >= 11 is 0. The topological polar surface area (TPSA) is 58.6 Å². The number of carbonyl (C=O) groups is 1. The van der Waals surface area contributed by atoms with Gasteiger partial charge in [-0.25, -0.2) is 0 Å². The van der Waals surface area contributed by atoms with Crippen molar-refractivity contribution in [3.05, 3.63) is 42.0 Å². The first-order valence-electron chi connectivity index (χ1n) is 6.86. The maximum atomic E-state index is 12.1. The van der Waals surface area contributed by atoms with Crippen LogP contribution in [0, 0.1) is 0 Å². The first-order valence-corrected chi connectivity index (χ1v) is 6.86. The summed E-state index contributed by atoms with van der Waals surface area (Å²) in [5.74, 6) is -0.225. The Morgan fingerprint density at radius 3 is 2.95 bits per heavy atom. The summed E-state index contributed by atoms with van der Waals surface area (Å²) in [6.45, 7) is 1.26. The molecule has 1 saturated heterocycles. The Balaban J connectivity index is 1.78. The molecule has 1 amide bonds. The highest BCUT2D eigenvalue weighted by atomic mass is 16.5. The molecule has 1 fully saturated rings. The maximum absolute atomic E-state index is 12.1. The van der Waals surface area contributed by atoms with E-state index in [-0.39, 0.29) is 17.8 Å². The van der Waals surface area contributed by atoms with E-state index < -0.39 is 0 Å². The van der Waals surface area contributed by atoms with Crippen LogP contribution >= 0.6 is 0 Å². The molecular formula is C16H17NO3. The van der Waals surface area contributed by atoms with Crippen molar-refractivity contribution < 1.29 is 14.6 Å². The molecule has 1 atom stereocenters. The number of aromatic hydroxyl groups is 1. The van der Waals surface area contributed by atoms with Crippen LogP contribution in [0.4, 0.5) is 0 Å². The molecule has 4 heteroatoms. The van der Waals surface area contributed by atoms with Gasteiger partial charge in [0.15, 0.2) is 0 Å². The van der Waals surface area contributed by atoms with Crippen LogP contribution in [0.1, 0.15) is 23.2 Å². The zero-order chi connectivity index (χ0) is 13.9. The minimum atomic E-state index is -0.260. The van der Waals surface area contributed by atoms with Crippen LogP contribution in [0.15, 0.2) is 36.4 Å². The van der Waals surface area contributed by atoms with Crippen molar-refractivity contribution in [3.8, 4) is 5.75 Å². The number of nitrogens with one attached hydrogen (secondary N) is 1. The smallest absolute Gasteiger partial charge is 0.255 e. The standard InChI is InChI=1S/C16H17NO3/c18-15-13-6-2-1-4-11(13)7-8-14(15)16(19)17-10-12-5-3-9-20-12/h1-2,4,6-8,12,18H,3,5,9-10H2,(H,17,19). The highest BCUT2D eigenvalue weighted by Crippen LogP contribution is 2.28. The molecule has 1 heterocycles. The number of phenolic OH excluding ortho intramolecular Hbond substituents is 1. The third-order valence-corrected chi connectivity index (χ3v) is 3.66. The fourth-order valence-corrected chi connectivity index (χ4v) is 2.55. The zero-order valence-corrected chi connectivity index (χ0v) is 11.1. The van der Waals surface area contributed by atoms with Gasteiger partial charge in [0, 0.05) is 18.5 Å². The van der Waals surface area contributed by atoms with Gasteiger partial charge in [0.05, 0.1) is 11.7 Å². The van der Waals surface area contributed by atoms with Gasteiger partial charge in [-0.1, -0.05) is 30.3 Å². The van der Waals surface area contributed by atoms with Crippen LogP contribution in [0.3, 0.4) is 0 Å². The van der Waals surface area contributed by atoms with Gasteiger partial charge in [0.1, 0.15) is 5.75 Å². The number of fused-ring (bicyclic) bond motifs is 1. The summed E-state index contributed by atoms with van der Waals surface area (Å²) in [6.07, 6.45) is 2.12. The molecule has 104 valence electrons. The number of rotatable bonds is 3. The number of hydrogen-bond acceptors (Lipinski definition) is 3. The molecule has 0 aliphatic carbocycles. The van der Waals surface area contributed by atoms with Crippen LogP contribution in [0.2, 0.25) is 0 Å². The monoisotopic (exact) mass is 271 g/mol. The molecule has 1 aliphatic heterocycles. The van der Waals surface area contributed by atoms with Gasteiger partial charge in [-0.2, -0.15) is 0 Å². The number of carbonyl (C=O) groups excluding carboxylic acids is 1. The van der Waals surface area contributed by atoms with Crippen LogP contribution < -0.4 is 5.32 Å². The average molecular weight is 271 g/mol. The number of ether oxygens (including phenoxy) is 1. The second kappa shape index (κ2) is 5.51. The average Bonchev–Trinajstić information content (AvgIpc) is 2.99. The van der Waals surface area contributed by atoms with Gasteiger partial charge in [-0.05, 0) is 24.3 Å². The van der Waals surface area contributed by atoms with Gasteiger partial charge in [0.2, 0.25) is 0 Å². The van der Waals surface area contributed by atoms with E-state index in [9.17, 15) is 9.90 Å². The molecule has 0 aromatic heterocycles. The first kappa shape index (κ1) is 12.9. The van der Waals surface area contributed by atoms with Crippen molar-refractivity contribution in [2.75, 3.05) is 13.2 Å². The quantitative estimate of drug-likeness (QED) is 0.901. The van der Waals surface area contributed by atoms with Gasteiger partial charge in [-0.15, -0.1) is 0 Å². The minimum absolute atomic E-state index is 0.0351. The lowest BCUT2D eigenvalue weighted by Crippen LogP contribution is -2.31.